The highest BCUT2D eigenvalue weighted by Crippen LogP contribution is 2.34. The molecule has 1 atom stereocenters. The first-order chi connectivity index (χ1) is 14.5. The molecule has 1 unspecified atom stereocenters. The third-order valence-corrected chi connectivity index (χ3v) is 5.92. The zero-order valence-electron chi connectivity index (χ0n) is 17.5. The molecule has 2 aromatic rings. The van der Waals surface area contributed by atoms with Crippen LogP contribution in [0, 0.1) is 0 Å². The number of nitrogens with one attached hydrogen (secondary N) is 1. The van der Waals surface area contributed by atoms with Crippen LogP contribution in [0.3, 0.4) is 0 Å². The summed E-state index contributed by atoms with van der Waals surface area (Å²) in [5.74, 6) is -0.317. The number of halogens is 1. The summed E-state index contributed by atoms with van der Waals surface area (Å²) in [5, 5.41) is 3.97. The molecule has 1 aliphatic heterocycles. The Labute approximate surface area is 183 Å². The van der Waals surface area contributed by atoms with Crippen LogP contribution in [0.1, 0.15) is 55.8 Å². The van der Waals surface area contributed by atoms with Crippen molar-refractivity contribution in [2.75, 3.05) is 18.0 Å². The number of primary amides is 1. The molecule has 2 aromatic carbocycles. The minimum atomic E-state index is -0.473. The van der Waals surface area contributed by atoms with Crippen molar-refractivity contribution in [2.24, 2.45) is 5.73 Å². The summed E-state index contributed by atoms with van der Waals surface area (Å²) in [4.78, 5) is 26.6. The number of amides is 2. The van der Waals surface area contributed by atoms with Gasteiger partial charge in [0.25, 0.3) is 0 Å². The van der Waals surface area contributed by atoms with Gasteiger partial charge in [-0.05, 0) is 68.6 Å². The highest BCUT2D eigenvalue weighted by atomic mass is 35.5. The van der Waals surface area contributed by atoms with E-state index in [-0.39, 0.29) is 11.9 Å². The lowest BCUT2D eigenvalue weighted by Gasteiger charge is -2.32. The first-order valence-corrected chi connectivity index (χ1v) is 11.1. The molecule has 6 heteroatoms. The van der Waals surface area contributed by atoms with Crippen molar-refractivity contribution in [3.63, 3.8) is 0 Å². The fraction of sp³-hybridized carbons (Fsp3) is 0.417. The Balaban J connectivity index is 1.94. The van der Waals surface area contributed by atoms with Gasteiger partial charge < -0.3 is 16.0 Å². The maximum Gasteiger partial charge on any atom is 0.248 e. The largest absolute Gasteiger partial charge is 0.366 e. The van der Waals surface area contributed by atoms with E-state index in [1.807, 2.05) is 29.2 Å². The summed E-state index contributed by atoms with van der Waals surface area (Å²) in [6.07, 6.45) is 5.37. The van der Waals surface area contributed by atoms with E-state index in [4.69, 9.17) is 17.3 Å². The third kappa shape index (κ3) is 5.41. The Morgan fingerprint density at radius 2 is 2.00 bits per heavy atom. The van der Waals surface area contributed by atoms with Gasteiger partial charge in [-0.25, -0.2) is 0 Å². The highest BCUT2D eigenvalue weighted by molar-refractivity contribution is 6.33. The summed E-state index contributed by atoms with van der Waals surface area (Å²) >= 11 is 6.65. The van der Waals surface area contributed by atoms with Gasteiger partial charge in [0.2, 0.25) is 11.8 Å². The van der Waals surface area contributed by atoms with Crippen LogP contribution < -0.4 is 16.0 Å². The summed E-state index contributed by atoms with van der Waals surface area (Å²) in [6, 6.07) is 13.0. The fourth-order valence-corrected chi connectivity index (χ4v) is 4.28. The van der Waals surface area contributed by atoms with Gasteiger partial charge in [0.15, 0.2) is 0 Å². The van der Waals surface area contributed by atoms with Gasteiger partial charge in [-0.1, -0.05) is 43.1 Å². The molecule has 0 radical (unpaired) electrons. The van der Waals surface area contributed by atoms with Crippen LogP contribution in [0.2, 0.25) is 5.02 Å². The van der Waals surface area contributed by atoms with E-state index < -0.39 is 5.91 Å². The topological polar surface area (TPSA) is 75.4 Å². The summed E-state index contributed by atoms with van der Waals surface area (Å²) in [6.45, 7) is 4.00. The van der Waals surface area contributed by atoms with Crippen LogP contribution >= 0.6 is 11.6 Å². The standard InChI is InChI=1S/C24H30ClN3O2/c1-2-3-9-23(29)28(19-8-5-13-27-14-12-19)20-10-11-21(22(25)16-20)17-6-4-7-18(15-17)24(26)30/h4,6-7,10-11,15-16,19,27H,2-3,5,8-9,12-14H2,1H3,(H2,26,30). The van der Waals surface area contributed by atoms with Crippen LogP contribution in [-0.4, -0.2) is 30.9 Å². The monoisotopic (exact) mass is 427 g/mol. The minimum Gasteiger partial charge on any atom is -0.366 e. The van der Waals surface area contributed by atoms with Crippen molar-refractivity contribution in [3.05, 3.63) is 53.1 Å². The zero-order valence-corrected chi connectivity index (χ0v) is 18.3. The van der Waals surface area contributed by atoms with Gasteiger partial charge in [-0.3, -0.25) is 9.59 Å². The van der Waals surface area contributed by atoms with E-state index >= 15 is 0 Å². The third-order valence-electron chi connectivity index (χ3n) is 5.61. The Bertz CT molecular complexity index is 892. The molecular weight excluding hydrogens is 398 g/mol. The van der Waals surface area contributed by atoms with E-state index in [1.54, 1.807) is 18.2 Å². The molecule has 2 amide bonds. The maximum absolute atomic E-state index is 13.1. The number of rotatable bonds is 7. The smallest absolute Gasteiger partial charge is 0.248 e. The molecule has 0 aromatic heterocycles. The molecule has 0 aliphatic carbocycles. The highest BCUT2D eigenvalue weighted by Gasteiger charge is 2.26. The number of unbranched alkanes of at least 4 members (excludes halogenated alkanes) is 1. The molecule has 1 heterocycles. The summed E-state index contributed by atoms with van der Waals surface area (Å²) in [7, 11) is 0. The van der Waals surface area contributed by atoms with Crippen LogP contribution in [-0.2, 0) is 4.79 Å². The molecule has 30 heavy (non-hydrogen) atoms. The number of anilines is 1. The number of hydrogen-bond acceptors (Lipinski definition) is 3. The van der Waals surface area contributed by atoms with Crippen molar-refractivity contribution in [1.29, 1.82) is 0 Å². The lowest BCUT2D eigenvalue weighted by Crippen LogP contribution is -2.41. The van der Waals surface area contributed by atoms with Gasteiger partial charge in [0.1, 0.15) is 0 Å². The molecule has 1 saturated heterocycles. The van der Waals surface area contributed by atoms with Gasteiger partial charge in [-0.15, -0.1) is 0 Å². The van der Waals surface area contributed by atoms with E-state index in [0.29, 0.717) is 17.0 Å². The quantitative estimate of drug-likeness (QED) is 0.668. The van der Waals surface area contributed by atoms with Crippen molar-refractivity contribution in [1.82, 2.24) is 5.32 Å². The molecular formula is C24H30ClN3O2. The zero-order chi connectivity index (χ0) is 21.5. The predicted molar refractivity (Wildman–Crippen MR) is 123 cm³/mol. The molecule has 0 spiro atoms. The van der Waals surface area contributed by atoms with E-state index in [1.165, 1.54) is 0 Å². The maximum atomic E-state index is 13.1. The average Bonchev–Trinajstić information content (AvgIpc) is 3.02. The Kier molecular flexibility index (Phi) is 7.88. The molecule has 5 nitrogen and oxygen atoms in total. The molecule has 3 N–H and O–H groups in total. The normalized spacial score (nSPS) is 16.7. The number of carbonyl (C=O) groups excluding carboxylic acids is 2. The van der Waals surface area contributed by atoms with Gasteiger partial charge in [0, 0.05) is 29.3 Å². The second-order valence-electron chi connectivity index (χ2n) is 7.81. The molecule has 0 bridgehead atoms. The predicted octanol–water partition coefficient (Wildman–Crippen LogP) is 4.77. The van der Waals surface area contributed by atoms with E-state index in [9.17, 15) is 9.59 Å². The Hall–Kier alpha value is -2.37. The minimum absolute atomic E-state index is 0.156. The van der Waals surface area contributed by atoms with Gasteiger partial charge in [0.05, 0.1) is 5.02 Å². The molecule has 1 aliphatic rings. The number of benzene rings is 2. The lowest BCUT2D eigenvalue weighted by atomic mass is 10.0. The first kappa shape index (κ1) is 22.3. The van der Waals surface area contributed by atoms with Gasteiger partial charge >= 0.3 is 0 Å². The van der Waals surface area contributed by atoms with Crippen LogP contribution in [0.5, 0.6) is 0 Å². The lowest BCUT2D eigenvalue weighted by molar-refractivity contribution is -0.119. The summed E-state index contributed by atoms with van der Waals surface area (Å²) in [5.41, 5.74) is 8.32. The average molecular weight is 428 g/mol. The SMILES string of the molecule is CCCCC(=O)N(c1ccc(-c2cccc(C(N)=O)c2)c(Cl)c1)C1CCCNCC1. The number of nitrogens with two attached hydrogens (primary N) is 1. The van der Waals surface area contributed by atoms with Crippen molar-refractivity contribution < 1.29 is 9.59 Å². The summed E-state index contributed by atoms with van der Waals surface area (Å²) < 4.78 is 0. The second kappa shape index (κ2) is 10.6. The first-order valence-electron chi connectivity index (χ1n) is 10.7. The molecule has 3 rings (SSSR count). The van der Waals surface area contributed by atoms with Crippen LogP contribution in [0.25, 0.3) is 11.1 Å². The van der Waals surface area contributed by atoms with Crippen LogP contribution in [0.4, 0.5) is 5.69 Å². The van der Waals surface area contributed by atoms with Crippen molar-refractivity contribution in [2.45, 2.75) is 51.5 Å². The number of hydrogen-bond donors (Lipinski definition) is 2. The fourth-order valence-electron chi connectivity index (χ4n) is 3.99. The number of carbonyl (C=O) groups is 2. The molecule has 1 fully saturated rings. The second-order valence-corrected chi connectivity index (χ2v) is 8.22. The Morgan fingerprint density at radius 1 is 1.17 bits per heavy atom. The number of nitrogens with zero attached hydrogens (tertiary/aromatic N) is 1. The van der Waals surface area contributed by atoms with E-state index in [2.05, 4.69) is 12.2 Å². The molecule has 0 saturated carbocycles. The van der Waals surface area contributed by atoms with Crippen molar-refractivity contribution in [3.8, 4) is 11.1 Å². The van der Waals surface area contributed by atoms with E-state index in [0.717, 1.165) is 62.0 Å². The van der Waals surface area contributed by atoms with Crippen LogP contribution in [0.15, 0.2) is 42.5 Å². The van der Waals surface area contributed by atoms with Gasteiger partial charge in [-0.2, -0.15) is 0 Å². The molecule has 160 valence electrons. The Morgan fingerprint density at radius 3 is 2.73 bits per heavy atom. The van der Waals surface area contributed by atoms with Crippen molar-refractivity contribution >= 4 is 29.1 Å².